The Balaban J connectivity index is 1.71. The zero-order chi connectivity index (χ0) is 23.1. The second-order valence-corrected chi connectivity index (χ2v) is 7.01. The van der Waals surface area contributed by atoms with Crippen LogP contribution in [0.25, 0.3) is 0 Å². The van der Waals surface area contributed by atoms with Crippen LogP contribution in [0.5, 0.6) is 5.75 Å². The van der Waals surface area contributed by atoms with E-state index in [1.54, 1.807) is 0 Å². The normalized spacial score (nSPS) is 13.5. The Hall–Kier alpha value is -3.76. The predicted molar refractivity (Wildman–Crippen MR) is 111 cm³/mol. The number of piperidine rings is 1. The largest absolute Gasteiger partial charge is 0.452 e. The summed E-state index contributed by atoms with van der Waals surface area (Å²) in [7, 11) is 0. The molecule has 0 bridgehead atoms. The van der Waals surface area contributed by atoms with Gasteiger partial charge in [-0.15, -0.1) is 0 Å². The fourth-order valence-electron chi connectivity index (χ4n) is 3.38. The Morgan fingerprint density at radius 2 is 1.84 bits per heavy atom. The van der Waals surface area contributed by atoms with Gasteiger partial charge in [-0.2, -0.15) is 8.78 Å². The second kappa shape index (κ2) is 10.5. The number of rotatable bonds is 8. The number of para-hydroxylation sites is 2. The van der Waals surface area contributed by atoms with E-state index in [1.165, 1.54) is 36.4 Å². The third-order valence-corrected chi connectivity index (χ3v) is 4.82. The number of ether oxygens (including phenoxy) is 2. The van der Waals surface area contributed by atoms with E-state index in [-0.39, 0.29) is 22.7 Å². The van der Waals surface area contributed by atoms with Crippen molar-refractivity contribution in [3.8, 4) is 5.75 Å². The molecule has 0 saturated carbocycles. The maximum absolute atomic E-state index is 12.7. The van der Waals surface area contributed by atoms with Gasteiger partial charge in [-0.3, -0.25) is 14.9 Å². The van der Waals surface area contributed by atoms with Gasteiger partial charge in [0.25, 0.3) is 11.6 Å². The van der Waals surface area contributed by atoms with Crippen molar-refractivity contribution >= 4 is 28.9 Å². The Morgan fingerprint density at radius 1 is 1.12 bits per heavy atom. The molecule has 1 saturated heterocycles. The number of non-ortho nitro benzene ring substituents is 1. The molecule has 0 radical (unpaired) electrons. The molecule has 1 aliphatic rings. The van der Waals surface area contributed by atoms with E-state index in [0.717, 1.165) is 25.3 Å². The lowest BCUT2D eigenvalue weighted by molar-refractivity contribution is -0.384. The number of hydrogen-bond acceptors (Lipinski definition) is 7. The van der Waals surface area contributed by atoms with Crippen molar-refractivity contribution in [1.82, 2.24) is 0 Å². The van der Waals surface area contributed by atoms with E-state index < -0.39 is 30.0 Å². The highest BCUT2D eigenvalue weighted by Crippen LogP contribution is 2.29. The molecule has 1 amide bonds. The van der Waals surface area contributed by atoms with Crippen LogP contribution in [0.4, 0.5) is 25.8 Å². The van der Waals surface area contributed by atoms with Crippen molar-refractivity contribution in [2.24, 2.45) is 0 Å². The molecule has 0 atom stereocenters. The molecule has 0 unspecified atom stereocenters. The summed E-state index contributed by atoms with van der Waals surface area (Å²) in [6, 6.07) is 9.50. The van der Waals surface area contributed by atoms with Gasteiger partial charge in [0.05, 0.1) is 21.9 Å². The minimum Gasteiger partial charge on any atom is -0.452 e. The van der Waals surface area contributed by atoms with Crippen molar-refractivity contribution in [1.29, 1.82) is 0 Å². The molecule has 1 heterocycles. The molecular formula is C21H21F2N3O6. The molecule has 0 aliphatic carbocycles. The van der Waals surface area contributed by atoms with Gasteiger partial charge in [0, 0.05) is 25.2 Å². The highest BCUT2D eigenvalue weighted by atomic mass is 19.3. The molecule has 170 valence electrons. The SMILES string of the molecule is O=C(COC(=O)c1cc([N+](=O)[O-])ccc1N1CCCCC1)Nc1ccccc1OC(F)F. The van der Waals surface area contributed by atoms with E-state index >= 15 is 0 Å². The van der Waals surface area contributed by atoms with E-state index in [9.17, 15) is 28.5 Å². The van der Waals surface area contributed by atoms with Crippen LogP contribution in [0.15, 0.2) is 42.5 Å². The quantitative estimate of drug-likeness (QED) is 0.369. The number of carbonyl (C=O) groups is 2. The first-order valence-corrected chi connectivity index (χ1v) is 9.89. The van der Waals surface area contributed by atoms with Crippen molar-refractivity contribution in [3.63, 3.8) is 0 Å². The summed E-state index contributed by atoms with van der Waals surface area (Å²) >= 11 is 0. The van der Waals surface area contributed by atoms with Gasteiger partial charge in [-0.1, -0.05) is 12.1 Å². The summed E-state index contributed by atoms with van der Waals surface area (Å²) in [5.74, 6) is -1.93. The van der Waals surface area contributed by atoms with E-state index in [4.69, 9.17) is 4.74 Å². The number of nitro benzene ring substituents is 1. The van der Waals surface area contributed by atoms with Crippen molar-refractivity contribution in [3.05, 3.63) is 58.1 Å². The first-order valence-electron chi connectivity index (χ1n) is 9.89. The van der Waals surface area contributed by atoms with Crippen molar-refractivity contribution < 1.29 is 32.8 Å². The maximum Gasteiger partial charge on any atom is 0.387 e. The summed E-state index contributed by atoms with van der Waals surface area (Å²) in [6.07, 6.45) is 2.90. The molecule has 2 aromatic rings. The highest BCUT2D eigenvalue weighted by Gasteiger charge is 2.23. The molecule has 9 nitrogen and oxygen atoms in total. The summed E-state index contributed by atoms with van der Waals surface area (Å²) in [4.78, 5) is 37.4. The van der Waals surface area contributed by atoms with Crippen LogP contribution in [0.3, 0.4) is 0 Å². The minimum atomic E-state index is -3.08. The third kappa shape index (κ3) is 5.90. The molecule has 32 heavy (non-hydrogen) atoms. The molecule has 1 N–H and O–H groups in total. The van der Waals surface area contributed by atoms with Crippen molar-refractivity contribution in [2.45, 2.75) is 25.9 Å². The van der Waals surface area contributed by atoms with Gasteiger partial charge in [0.2, 0.25) is 0 Å². The number of hydrogen-bond donors (Lipinski definition) is 1. The number of nitrogens with one attached hydrogen (secondary N) is 1. The van der Waals surface area contributed by atoms with E-state index in [1.807, 2.05) is 4.90 Å². The number of benzene rings is 2. The van der Waals surface area contributed by atoms with Crippen molar-refractivity contribution in [2.75, 3.05) is 29.9 Å². The van der Waals surface area contributed by atoms with Crippen LogP contribution in [-0.4, -0.2) is 43.1 Å². The predicted octanol–water partition coefficient (Wildman–Crippen LogP) is 3.98. The number of alkyl halides is 2. The van der Waals surface area contributed by atoms with Gasteiger partial charge < -0.3 is 19.7 Å². The smallest absolute Gasteiger partial charge is 0.387 e. The zero-order valence-electron chi connectivity index (χ0n) is 17.0. The first-order chi connectivity index (χ1) is 15.3. The average Bonchev–Trinajstić information content (AvgIpc) is 2.78. The van der Waals surface area contributed by atoms with Gasteiger partial charge in [0.1, 0.15) is 5.75 Å². The van der Waals surface area contributed by atoms with Gasteiger partial charge in [-0.25, -0.2) is 4.79 Å². The third-order valence-electron chi connectivity index (χ3n) is 4.82. The maximum atomic E-state index is 12.7. The van der Waals surface area contributed by atoms with Gasteiger partial charge >= 0.3 is 12.6 Å². The number of anilines is 2. The lowest BCUT2D eigenvalue weighted by Gasteiger charge is -2.30. The topological polar surface area (TPSA) is 111 Å². The van der Waals surface area contributed by atoms with Crippen LogP contribution in [0, 0.1) is 10.1 Å². The fraction of sp³-hybridized carbons (Fsp3) is 0.333. The number of halogens is 2. The number of amides is 1. The zero-order valence-corrected chi connectivity index (χ0v) is 17.0. The molecule has 11 heteroatoms. The van der Waals surface area contributed by atoms with Crippen LogP contribution in [-0.2, 0) is 9.53 Å². The van der Waals surface area contributed by atoms with Crippen LogP contribution < -0.4 is 15.0 Å². The molecule has 0 spiro atoms. The number of nitro groups is 1. The second-order valence-electron chi connectivity index (χ2n) is 7.01. The summed E-state index contributed by atoms with van der Waals surface area (Å²) in [6.45, 7) is -2.41. The molecule has 1 aliphatic heterocycles. The van der Waals surface area contributed by atoms with E-state index in [2.05, 4.69) is 10.1 Å². The molecule has 1 fully saturated rings. The summed E-state index contributed by atoms with van der Waals surface area (Å²) in [5.41, 5.74) is 0.185. The lowest BCUT2D eigenvalue weighted by atomic mass is 10.1. The Kier molecular flexibility index (Phi) is 7.53. The minimum absolute atomic E-state index is 0.0156. The standard InChI is InChI=1S/C21H21F2N3O6/c22-21(23)32-18-7-3-2-6-16(18)24-19(27)13-31-20(28)15-12-14(26(29)30)8-9-17(15)25-10-4-1-5-11-25/h2-3,6-9,12,21H,1,4-5,10-11,13H2,(H,24,27). The molecular weight excluding hydrogens is 428 g/mol. The number of esters is 1. The van der Waals surface area contributed by atoms with E-state index in [0.29, 0.717) is 18.8 Å². The lowest BCUT2D eigenvalue weighted by Crippen LogP contribution is -2.31. The number of nitrogens with zero attached hydrogens (tertiary/aromatic N) is 2. The van der Waals surface area contributed by atoms with Crippen LogP contribution in [0.1, 0.15) is 29.6 Å². The summed E-state index contributed by atoms with van der Waals surface area (Å²) in [5, 5.41) is 13.5. The molecule has 2 aromatic carbocycles. The molecule has 3 rings (SSSR count). The fourth-order valence-corrected chi connectivity index (χ4v) is 3.38. The Labute approximate surface area is 182 Å². The first kappa shape index (κ1) is 22.9. The average molecular weight is 449 g/mol. The van der Waals surface area contributed by atoms with Gasteiger partial charge in [0.15, 0.2) is 6.61 Å². The Morgan fingerprint density at radius 3 is 2.53 bits per heavy atom. The van der Waals surface area contributed by atoms with Crippen LogP contribution >= 0.6 is 0 Å². The highest BCUT2D eigenvalue weighted by molar-refractivity contribution is 5.99. The molecule has 0 aromatic heterocycles. The Bertz CT molecular complexity index is 995. The summed E-state index contributed by atoms with van der Waals surface area (Å²) < 4.78 is 34.4. The van der Waals surface area contributed by atoms with Crippen LogP contribution in [0.2, 0.25) is 0 Å². The number of carbonyl (C=O) groups excluding carboxylic acids is 2. The van der Waals surface area contributed by atoms with Gasteiger partial charge in [-0.05, 0) is 37.5 Å². The monoisotopic (exact) mass is 449 g/mol.